The third-order valence-corrected chi connectivity index (χ3v) is 7.35. The third-order valence-electron chi connectivity index (χ3n) is 5.18. The van der Waals surface area contributed by atoms with Gasteiger partial charge in [0.25, 0.3) is 11.2 Å². The van der Waals surface area contributed by atoms with Gasteiger partial charge in [0.15, 0.2) is 4.96 Å². The topological polar surface area (TPSA) is 130 Å². The van der Waals surface area contributed by atoms with Crippen molar-refractivity contribution in [1.82, 2.24) is 19.0 Å². The zero-order chi connectivity index (χ0) is 22.2. The van der Waals surface area contributed by atoms with Gasteiger partial charge in [-0.15, -0.1) is 11.3 Å². The normalized spacial score (nSPS) is 15.5. The van der Waals surface area contributed by atoms with E-state index in [-0.39, 0.29) is 16.1 Å². The standard InChI is InChI=1S/C18H20N6O5S2/c1-19-31(28,29)14-2-3-15(16(11-14)24(26)27)22-6-4-21(5-7-22)12-13-10-17(25)23-8-9-30-18(23)20-13/h2-3,8-11,19H,4-7,12H2,1H3. The van der Waals surface area contributed by atoms with Crippen LogP contribution in [0.2, 0.25) is 0 Å². The molecule has 1 aromatic carbocycles. The number of fused-ring (bicyclic) bond motifs is 1. The highest BCUT2D eigenvalue weighted by atomic mass is 32.2. The van der Waals surface area contributed by atoms with Crippen LogP contribution in [0.4, 0.5) is 11.4 Å². The van der Waals surface area contributed by atoms with Gasteiger partial charge in [-0.3, -0.25) is 24.2 Å². The number of rotatable bonds is 6. The number of nitro groups is 1. The number of anilines is 1. The number of hydrogen-bond acceptors (Lipinski definition) is 9. The van der Waals surface area contributed by atoms with E-state index in [0.717, 1.165) is 6.07 Å². The molecule has 0 spiro atoms. The Morgan fingerprint density at radius 3 is 2.65 bits per heavy atom. The van der Waals surface area contributed by atoms with Crippen LogP contribution in [0.1, 0.15) is 5.69 Å². The van der Waals surface area contributed by atoms with Crippen molar-refractivity contribution in [2.75, 3.05) is 38.1 Å². The van der Waals surface area contributed by atoms with Crippen LogP contribution in [0.3, 0.4) is 0 Å². The molecule has 0 bridgehead atoms. The number of benzene rings is 1. The first-order chi connectivity index (χ1) is 14.8. The second-order valence-corrected chi connectivity index (χ2v) is 9.78. The number of thiazole rings is 1. The molecule has 0 atom stereocenters. The number of nitrogens with one attached hydrogen (secondary N) is 1. The fraction of sp³-hybridized carbons (Fsp3) is 0.333. The van der Waals surface area contributed by atoms with Gasteiger partial charge < -0.3 is 4.90 Å². The Morgan fingerprint density at radius 2 is 1.97 bits per heavy atom. The molecule has 164 valence electrons. The lowest BCUT2D eigenvalue weighted by molar-refractivity contribution is -0.384. The van der Waals surface area contributed by atoms with E-state index in [2.05, 4.69) is 14.6 Å². The molecule has 31 heavy (non-hydrogen) atoms. The van der Waals surface area contributed by atoms with Crippen molar-refractivity contribution in [2.45, 2.75) is 11.4 Å². The molecule has 4 rings (SSSR count). The lowest BCUT2D eigenvalue weighted by Gasteiger charge is -2.35. The Morgan fingerprint density at radius 1 is 1.23 bits per heavy atom. The highest BCUT2D eigenvalue weighted by Crippen LogP contribution is 2.31. The van der Waals surface area contributed by atoms with E-state index in [1.165, 1.54) is 41.0 Å². The second-order valence-electron chi connectivity index (χ2n) is 7.02. The van der Waals surface area contributed by atoms with Crippen LogP contribution in [0, 0.1) is 10.1 Å². The maximum Gasteiger partial charge on any atom is 0.293 e. The van der Waals surface area contributed by atoms with Crippen molar-refractivity contribution in [1.29, 1.82) is 0 Å². The van der Waals surface area contributed by atoms with Crippen LogP contribution in [0.25, 0.3) is 4.96 Å². The van der Waals surface area contributed by atoms with Crippen LogP contribution < -0.4 is 15.2 Å². The smallest absolute Gasteiger partial charge is 0.293 e. The summed E-state index contributed by atoms with van der Waals surface area (Å²) in [6.07, 6.45) is 1.69. The van der Waals surface area contributed by atoms with Crippen molar-refractivity contribution in [2.24, 2.45) is 0 Å². The molecule has 2 aromatic heterocycles. The molecule has 1 aliphatic rings. The highest BCUT2D eigenvalue weighted by molar-refractivity contribution is 7.89. The molecule has 0 unspecified atom stereocenters. The van der Waals surface area contributed by atoms with Gasteiger partial charge in [-0.2, -0.15) is 0 Å². The monoisotopic (exact) mass is 464 g/mol. The van der Waals surface area contributed by atoms with Gasteiger partial charge in [0.2, 0.25) is 10.0 Å². The molecule has 13 heteroatoms. The van der Waals surface area contributed by atoms with Gasteiger partial charge in [0.05, 0.1) is 15.5 Å². The zero-order valence-corrected chi connectivity index (χ0v) is 18.2. The Balaban J connectivity index is 1.49. The predicted molar refractivity (Wildman–Crippen MR) is 116 cm³/mol. The Labute approximate surface area is 181 Å². The molecular formula is C18H20N6O5S2. The highest BCUT2D eigenvalue weighted by Gasteiger charge is 2.26. The summed E-state index contributed by atoms with van der Waals surface area (Å²) in [5, 5.41) is 13.4. The lowest BCUT2D eigenvalue weighted by Crippen LogP contribution is -2.46. The largest absolute Gasteiger partial charge is 0.363 e. The van der Waals surface area contributed by atoms with Crippen molar-refractivity contribution in [3.8, 4) is 0 Å². The Hall–Kier alpha value is -2.87. The fourth-order valence-corrected chi connectivity index (χ4v) is 5.04. The minimum atomic E-state index is -3.77. The summed E-state index contributed by atoms with van der Waals surface area (Å²) < 4.78 is 27.6. The summed E-state index contributed by atoms with van der Waals surface area (Å²) in [5.41, 5.74) is 0.708. The molecule has 11 nitrogen and oxygen atoms in total. The van der Waals surface area contributed by atoms with Gasteiger partial charge in [-0.05, 0) is 19.2 Å². The average Bonchev–Trinajstić information content (AvgIpc) is 3.23. The van der Waals surface area contributed by atoms with Crippen molar-refractivity contribution in [3.63, 3.8) is 0 Å². The lowest BCUT2D eigenvalue weighted by atomic mass is 10.2. The predicted octanol–water partition coefficient (Wildman–Crippen LogP) is 0.894. The fourth-order valence-electron chi connectivity index (χ4n) is 3.55. The second kappa shape index (κ2) is 8.34. The molecule has 0 radical (unpaired) electrons. The summed E-state index contributed by atoms with van der Waals surface area (Å²) in [4.78, 5) is 32.2. The van der Waals surface area contributed by atoms with E-state index >= 15 is 0 Å². The van der Waals surface area contributed by atoms with Crippen molar-refractivity contribution < 1.29 is 13.3 Å². The minimum absolute atomic E-state index is 0.118. The van der Waals surface area contributed by atoms with Gasteiger partial charge in [-0.25, -0.2) is 18.1 Å². The SMILES string of the molecule is CNS(=O)(=O)c1ccc(N2CCN(Cc3cc(=O)n4ccsc4n3)CC2)c([N+](=O)[O-])c1. The summed E-state index contributed by atoms with van der Waals surface area (Å²) in [6, 6.07) is 5.46. The molecule has 3 heterocycles. The number of sulfonamides is 1. The van der Waals surface area contributed by atoms with Crippen LogP contribution >= 0.6 is 11.3 Å². The van der Waals surface area contributed by atoms with Gasteiger partial charge in [-0.1, -0.05) is 0 Å². The number of nitrogens with zero attached hydrogens (tertiary/aromatic N) is 5. The van der Waals surface area contributed by atoms with Crippen LogP contribution in [0.15, 0.2) is 45.5 Å². The average molecular weight is 465 g/mol. The summed E-state index contributed by atoms with van der Waals surface area (Å²) in [5.74, 6) is 0. The zero-order valence-electron chi connectivity index (χ0n) is 16.6. The molecular weight excluding hydrogens is 444 g/mol. The number of nitro benzene ring substituents is 1. The molecule has 1 saturated heterocycles. The van der Waals surface area contributed by atoms with E-state index in [1.807, 2.05) is 10.3 Å². The first kappa shape index (κ1) is 21.4. The van der Waals surface area contributed by atoms with E-state index < -0.39 is 14.9 Å². The third kappa shape index (κ3) is 4.30. The summed E-state index contributed by atoms with van der Waals surface area (Å²) >= 11 is 1.40. The van der Waals surface area contributed by atoms with Crippen molar-refractivity contribution in [3.05, 3.63) is 62.0 Å². The van der Waals surface area contributed by atoms with Gasteiger partial charge in [0, 0.05) is 56.4 Å². The summed E-state index contributed by atoms with van der Waals surface area (Å²) in [6.45, 7) is 2.82. The number of aromatic nitrogens is 2. The molecule has 1 N–H and O–H groups in total. The van der Waals surface area contributed by atoms with E-state index in [0.29, 0.717) is 49.1 Å². The number of piperazine rings is 1. The first-order valence-corrected chi connectivity index (χ1v) is 11.8. The molecule has 1 aliphatic heterocycles. The van der Waals surface area contributed by atoms with Crippen molar-refractivity contribution >= 4 is 37.7 Å². The van der Waals surface area contributed by atoms with Crippen LogP contribution in [-0.4, -0.2) is 60.9 Å². The van der Waals surface area contributed by atoms with Gasteiger partial charge in [0.1, 0.15) is 5.69 Å². The molecule has 0 amide bonds. The van der Waals surface area contributed by atoms with Crippen LogP contribution in [-0.2, 0) is 16.6 Å². The Kier molecular flexibility index (Phi) is 5.75. The van der Waals surface area contributed by atoms with Gasteiger partial charge >= 0.3 is 0 Å². The molecule has 3 aromatic rings. The minimum Gasteiger partial charge on any atom is -0.363 e. The Bertz CT molecular complexity index is 1290. The molecule has 0 aliphatic carbocycles. The quantitative estimate of drug-likeness (QED) is 0.421. The van der Waals surface area contributed by atoms with E-state index in [4.69, 9.17) is 0 Å². The van der Waals surface area contributed by atoms with Crippen LogP contribution in [0.5, 0.6) is 0 Å². The molecule has 1 fully saturated rings. The maximum absolute atomic E-state index is 12.2. The van der Waals surface area contributed by atoms with E-state index in [9.17, 15) is 23.3 Å². The first-order valence-electron chi connectivity index (χ1n) is 9.43. The maximum atomic E-state index is 12.2. The number of hydrogen-bond donors (Lipinski definition) is 1. The summed E-state index contributed by atoms with van der Waals surface area (Å²) in [7, 11) is -2.52. The molecule has 0 saturated carbocycles. The van der Waals surface area contributed by atoms with E-state index in [1.54, 1.807) is 6.20 Å².